The van der Waals surface area contributed by atoms with Gasteiger partial charge >= 0.3 is 6.16 Å². The lowest BCUT2D eigenvalue weighted by Gasteiger charge is -2.02. The summed E-state index contributed by atoms with van der Waals surface area (Å²) in [7, 11) is 0. The second-order valence-corrected chi connectivity index (χ2v) is 2.71. The first kappa shape index (κ1) is 10.2. The third kappa shape index (κ3) is 3.53. The average Bonchev–Trinajstić information content (AvgIpc) is 2.09. The minimum Gasteiger partial charge on any atom is -0.418 e. The Morgan fingerprint density at radius 2 is 1.92 bits per heavy atom. The van der Waals surface area contributed by atoms with Crippen LogP contribution in [0.5, 0.6) is 5.75 Å². The van der Waals surface area contributed by atoms with E-state index in [4.69, 9.17) is 27.9 Å². The summed E-state index contributed by atoms with van der Waals surface area (Å²) >= 11 is 10.8. The number of carbonyl (C=O) groups excluding carboxylic acids is 1. The van der Waals surface area contributed by atoms with Crippen LogP contribution in [0.1, 0.15) is 0 Å². The third-order valence-corrected chi connectivity index (χ3v) is 1.55. The molecule has 13 heavy (non-hydrogen) atoms. The molecule has 1 aromatic carbocycles. The van der Waals surface area contributed by atoms with E-state index in [0.29, 0.717) is 10.8 Å². The van der Waals surface area contributed by atoms with Gasteiger partial charge in [0.15, 0.2) is 6.07 Å². The zero-order chi connectivity index (χ0) is 9.68. The van der Waals surface area contributed by atoms with Gasteiger partial charge in [0, 0.05) is 5.02 Å². The van der Waals surface area contributed by atoms with E-state index in [2.05, 4.69) is 4.74 Å². The van der Waals surface area contributed by atoms with Crippen LogP contribution in [0.3, 0.4) is 0 Å². The molecule has 0 aromatic heterocycles. The highest BCUT2D eigenvalue weighted by atomic mass is 35.5. The zero-order valence-electron chi connectivity index (χ0n) is 6.50. The van der Waals surface area contributed by atoms with E-state index >= 15 is 0 Å². The van der Waals surface area contributed by atoms with Crippen LogP contribution in [0.15, 0.2) is 24.3 Å². The molecule has 0 saturated carbocycles. The van der Waals surface area contributed by atoms with Crippen molar-refractivity contribution in [3.05, 3.63) is 29.3 Å². The van der Waals surface area contributed by atoms with Crippen LogP contribution >= 0.6 is 23.2 Å². The van der Waals surface area contributed by atoms with Crippen LogP contribution < -0.4 is 4.74 Å². The second-order valence-electron chi connectivity index (χ2n) is 2.06. The van der Waals surface area contributed by atoms with Crippen LogP contribution in [0.4, 0.5) is 4.79 Å². The minimum atomic E-state index is -0.836. The SMILES string of the molecule is O=C(OCCl)Oc1ccc(Cl)cc1. The Kier molecular flexibility index (Phi) is 3.86. The zero-order valence-corrected chi connectivity index (χ0v) is 8.01. The number of alkyl halides is 1. The summed E-state index contributed by atoms with van der Waals surface area (Å²) in [5.41, 5.74) is 0. The van der Waals surface area contributed by atoms with E-state index in [9.17, 15) is 4.79 Å². The number of ether oxygens (including phenoxy) is 2. The number of carbonyl (C=O) groups is 1. The maximum Gasteiger partial charge on any atom is 0.515 e. The highest BCUT2D eigenvalue weighted by molar-refractivity contribution is 6.30. The van der Waals surface area contributed by atoms with Gasteiger partial charge in [0.2, 0.25) is 0 Å². The topological polar surface area (TPSA) is 35.5 Å². The monoisotopic (exact) mass is 220 g/mol. The Bertz CT molecular complexity index is 284. The molecule has 0 heterocycles. The van der Waals surface area contributed by atoms with Crippen LogP contribution in [0.2, 0.25) is 5.02 Å². The summed E-state index contributed by atoms with van der Waals surface area (Å²) in [6, 6.07) is 6.08. The van der Waals surface area contributed by atoms with Crippen molar-refractivity contribution >= 4 is 29.4 Å². The van der Waals surface area contributed by atoms with Gasteiger partial charge in [0.25, 0.3) is 0 Å². The standard InChI is InChI=1S/C8H6Cl2O3/c9-5-12-8(11)13-7-3-1-6(10)2-4-7/h1-4H,5H2. The molecular weight excluding hydrogens is 215 g/mol. The number of hydrogen-bond acceptors (Lipinski definition) is 3. The maximum absolute atomic E-state index is 10.7. The minimum absolute atomic E-state index is 0.230. The van der Waals surface area contributed by atoms with E-state index in [1.807, 2.05) is 0 Å². The summed E-state index contributed by atoms with van der Waals surface area (Å²) in [5.74, 6) is 0.361. The molecule has 0 amide bonds. The lowest BCUT2D eigenvalue weighted by Crippen LogP contribution is -2.08. The van der Waals surface area contributed by atoms with Gasteiger partial charge in [-0.3, -0.25) is 0 Å². The largest absolute Gasteiger partial charge is 0.515 e. The molecule has 3 nitrogen and oxygen atoms in total. The van der Waals surface area contributed by atoms with E-state index < -0.39 is 6.16 Å². The van der Waals surface area contributed by atoms with Crippen LogP contribution in [0, 0.1) is 0 Å². The molecule has 0 saturated heterocycles. The molecule has 0 N–H and O–H groups in total. The van der Waals surface area contributed by atoms with Gasteiger partial charge in [-0.15, -0.1) is 0 Å². The molecule has 0 aliphatic rings. The quantitative estimate of drug-likeness (QED) is 0.437. The van der Waals surface area contributed by atoms with E-state index in [1.54, 1.807) is 24.3 Å². The van der Waals surface area contributed by atoms with Gasteiger partial charge in [0.1, 0.15) is 5.75 Å². The Morgan fingerprint density at radius 3 is 2.46 bits per heavy atom. The summed E-state index contributed by atoms with van der Waals surface area (Å²) in [5, 5.41) is 0.568. The Labute approximate surface area is 85.2 Å². The fraction of sp³-hybridized carbons (Fsp3) is 0.125. The van der Waals surface area contributed by atoms with Gasteiger partial charge in [-0.05, 0) is 24.3 Å². The smallest absolute Gasteiger partial charge is 0.418 e. The van der Waals surface area contributed by atoms with Crippen molar-refractivity contribution in [1.82, 2.24) is 0 Å². The van der Waals surface area contributed by atoms with Crippen molar-refractivity contribution < 1.29 is 14.3 Å². The molecule has 0 aliphatic carbocycles. The molecular formula is C8H6Cl2O3. The highest BCUT2D eigenvalue weighted by Gasteiger charge is 2.03. The fourth-order valence-electron chi connectivity index (χ4n) is 0.673. The van der Waals surface area contributed by atoms with Crippen molar-refractivity contribution in [2.75, 3.05) is 6.07 Å². The number of rotatable bonds is 2. The summed E-state index contributed by atoms with van der Waals surface area (Å²) < 4.78 is 9.05. The summed E-state index contributed by atoms with van der Waals surface area (Å²) in [6.45, 7) is 0. The molecule has 1 rings (SSSR count). The second kappa shape index (κ2) is 4.94. The summed E-state index contributed by atoms with van der Waals surface area (Å²) in [4.78, 5) is 10.7. The van der Waals surface area contributed by atoms with Crippen LogP contribution in [-0.4, -0.2) is 12.2 Å². The number of benzene rings is 1. The third-order valence-electron chi connectivity index (χ3n) is 1.19. The summed E-state index contributed by atoms with van der Waals surface area (Å²) in [6.07, 6.45) is -0.836. The molecule has 70 valence electrons. The molecule has 0 atom stereocenters. The normalized spacial score (nSPS) is 9.38. The molecule has 5 heteroatoms. The predicted octanol–water partition coefficient (Wildman–Crippen LogP) is 3.05. The lowest BCUT2D eigenvalue weighted by molar-refractivity contribution is 0.115. The first-order valence-corrected chi connectivity index (χ1v) is 4.30. The van der Waals surface area contributed by atoms with Crippen molar-refractivity contribution in [1.29, 1.82) is 0 Å². The fourth-order valence-corrected chi connectivity index (χ4v) is 0.888. The molecule has 0 unspecified atom stereocenters. The predicted molar refractivity (Wildman–Crippen MR) is 49.3 cm³/mol. The maximum atomic E-state index is 10.7. The van der Waals surface area contributed by atoms with Crippen molar-refractivity contribution in [2.45, 2.75) is 0 Å². The van der Waals surface area contributed by atoms with E-state index in [0.717, 1.165) is 0 Å². The van der Waals surface area contributed by atoms with Crippen molar-refractivity contribution in [3.63, 3.8) is 0 Å². The molecule has 0 fully saturated rings. The van der Waals surface area contributed by atoms with Crippen LogP contribution in [-0.2, 0) is 4.74 Å². The Hall–Kier alpha value is -0.930. The van der Waals surface area contributed by atoms with Gasteiger partial charge in [-0.2, -0.15) is 0 Å². The molecule has 1 aromatic rings. The molecule has 0 bridgehead atoms. The van der Waals surface area contributed by atoms with Gasteiger partial charge in [0.05, 0.1) is 0 Å². The van der Waals surface area contributed by atoms with E-state index in [1.165, 1.54) is 0 Å². The highest BCUT2D eigenvalue weighted by Crippen LogP contribution is 2.15. The molecule has 0 aliphatic heterocycles. The molecule has 0 spiro atoms. The first-order chi connectivity index (χ1) is 6.22. The van der Waals surface area contributed by atoms with Gasteiger partial charge in [-0.25, -0.2) is 4.79 Å². The van der Waals surface area contributed by atoms with E-state index in [-0.39, 0.29) is 6.07 Å². The van der Waals surface area contributed by atoms with Crippen molar-refractivity contribution in [2.24, 2.45) is 0 Å². The lowest BCUT2D eigenvalue weighted by atomic mass is 10.3. The average molecular weight is 221 g/mol. The Balaban J connectivity index is 2.54. The first-order valence-electron chi connectivity index (χ1n) is 3.38. The Morgan fingerprint density at radius 1 is 1.31 bits per heavy atom. The number of halogens is 2. The van der Waals surface area contributed by atoms with Gasteiger partial charge < -0.3 is 9.47 Å². The van der Waals surface area contributed by atoms with Gasteiger partial charge in [-0.1, -0.05) is 23.2 Å². The van der Waals surface area contributed by atoms with Crippen LogP contribution in [0.25, 0.3) is 0 Å². The number of hydrogen-bond donors (Lipinski definition) is 0. The molecule has 0 radical (unpaired) electrons. The van der Waals surface area contributed by atoms with Crippen molar-refractivity contribution in [3.8, 4) is 5.75 Å².